The van der Waals surface area contributed by atoms with Crippen LogP contribution in [-0.2, 0) is 0 Å². The van der Waals surface area contributed by atoms with Crippen LogP contribution in [0.25, 0.3) is 33.0 Å². The fourth-order valence-corrected chi connectivity index (χ4v) is 4.84. The van der Waals surface area contributed by atoms with Crippen LogP contribution >= 0.6 is 11.3 Å². The van der Waals surface area contributed by atoms with E-state index in [1.165, 1.54) is 36.2 Å². The Morgan fingerprint density at radius 1 is 0.783 bits per heavy atom. The van der Waals surface area contributed by atoms with Gasteiger partial charge >= 0.3 is 0 Å². The lowest BCUT2D eigenvalue weighted by molar-refractivity contribution is 0.936. The monoisotopic (exact) mass is 312 g/mol. The van der Waals surface area contributed by atoms with E-state index in [1.54, 1.807) is 0 Å². The molecule has 3 aromatic carbocycles. The molecule has 0 saturated carbocycles. The van der Waals surface area contributed by atoms with Crippen molar-refractivity contribution in [3.05, 3.63) is 82.0 Å². The van der Waals surface area contributed by atoms with Crippen molar-refractivity contribution in [1.82, 2.24) is 0 Å². The molecule has 110 valence electrons. The summed E-state index contributed by atoms with van der Waals surface area (Å²) >= 11 is 1.91. The molecule has 1 heteroatoms. The molecule has 5 rings (SSSR count). The first-order valence-electron chi connectivity index (χ1n) is 8.07. The summed E-state index contributed by atoms with van der Waals surface area (Å²) in [4.78, 5) is 0. The summed E-state index contributed by atoms with van der Waals surface area (Å²) in [5, 5.41) is 5.54. The third kappa shape index (κ3) is 2.04. The van der Waals surface area contributed by atoms with Gasteiger partial charge in [-0.15, -0.1) is 11.3 Å². The van der Waals surface area contributed by atoms with E-state index in [9.17, 15) is 0 Å². The molecule has 1 unspecified atom stereocenters. The lowest BCUT2D eigenvalue weighted by Gasteiger charge is -2.16. The van der Waals surface area contributed by atoms with Gasteiger partial charge in [-0.1, -0.05) is 72.8 Å². The van der Waals surface area contributed by atoms with Crippen molar-refractivity contribution in [2.24, 2.45) is 0 Å². The summed E-state index contributed by atoms with van der Waals surface area (Å²) in [6.07, 6.45) is 6.00. The predicted molar refractivity (Wildman–Crippen MR) is 101 cm³/mol. The maximum absolute atomic E-state index is 2.48. The minimum absolute atomic E-state index is 0.464. The van der Waals surface area contributed by atoms with E-state index in [4.69, 9.17) is 0 Å². The second-order valence-corrected chi connectivity index (χ2v) is 7.24. The fraction of sp³-hybridized carbons (Fsp3) is 0.0909. The summed E-state index contributed by atoms with van der Waals surface area (Å²) in [6.45, 7) is 0. The molecule has 23 heavy (non-hydrogen) atoms. The van der Waals surface area contributed by atoms with Crippen molar-refractivity contribution in [2.75, 3.05) is 0 Å². The van der Waals surface area contributed by atoms with Crippen molar-refractivity contribution in [1.29, 1.82) is 0 Å². The average molecular weight is 312 g/mol. The lowest BCUT2D eigenvalue weighted by atomic mass is 9.88. The van der Waals surface area contributed by atoms with E-state index < -0.39 is 0 Å². The molecular formula is C22H16S. The first-order valence-corrected chi connectivity index (χ1v) is 8.89. The Morgan fingerprint density at radius 3 is 2.52 bits per heavy atom. The molecule has 1 heterocycles. The number of benzene rings is 3. The molecule has 0 nitrogen and oxygen atoms in total. The molecule has 0 radical (unpaired) electrons. The first kappa shape index (κ1) is 13.1. The quantitative estimate of drug-likeness (QED) is 0.473. The van der Waals surface area contributed by atoms with Gasteiger partial charge in [0, 0.05) is 15.2 Å². The highest BCUT2D eigenvalue weighted by Gasteiger charge is 2.15. The first-order chi connectivity index (χ1) is 11.4. The van der Waals surface area contributed by atoms with E-state index in [0.29, 0.717) is 5.92 Å². The zero-order valence-electron chi connectivity index (χ0n) is 12.7. The average Bonchev–Trinajstić information content (AvgIpc) is 2.99. The molecule has 0 bridgehead atoms. The Balaban J connectivity index is 1.76. The number of hydrogen-bond acceptors (Lipinski definition) is 1. The van der Waals surface area contributed by atoms with Crippen LogP contribution in [0.3, 0.4) is 0 Å². The van der Waals surface area contributed by atoms with Gasteiger partial charge in [-0.05, 0) is 39.4 Å². The Bertz CT molecular complexity index is 1140. The van der Waals surface area contributed by atoms with Crippen LogP contribution in [0.5, 0.6) is 0 Å². The number of thiophene rings is 1. The Morgan fingerprint density at radius 2 is 1.57 bits per heavy atom. The largest absolute Gasteiger partial charge is 0.136 e. The molecule has 1 aliphatic rings. The third-order valence-corrected chi connectivity index (χ3v) is 5.99. The smallest absolute Gasteiger partial charge is 0.0355 e. The summed E-state index contributed by atoms with van der Waals surface area (Å²) in [7, 11) is 0. The molecule has 4 aromatic rings. The van der Waals surface area contributed by atoms with E-state index >= 15 is 0 Å². The minimum Gasteiger partial charge on any atom is -0.136 e. The van der Waals surface area contributed by atoms with Crippen molar-refractivity contribution < 1.29 is 0 Å². The summed E-state index contributed by atoms with van der Waals surface area (Å²) in [6, 6.07) is 24.2. The molecule has 0 spiro atoms. The Labute approximate surface area is 139 Å². The van der Waals surface area contributed by atoms with E-state index in [0.717, 1.165) is 6.42 Å². The summed E-state index contributed by atoms with van der Waals surface area (Å²) < 4.78 is 2.83. The highest BCUT2D eigenvalue weighted by atomic mass is 32.1. The van der Waals surface area contributed by atoms with Crippen molar-refractivity contribution >= 4 is 44.3 Å². The number of hydrogen-bond donors (Lipinski definition) is 0. The molecule has 1 aromatic heterocycles. The van der Waals surface area contributed by atoms with Crippen LogP contribution < -0.4 is 9.75 Å². The molecule has 0 N–H and O–H groups in total. The standard InChI is InChI=1S/C22H16S/c1-2-8-17-15(6-1)7-5-10-18(17)16-12-13-22-20(14-16)19-9-3-4-11-21(19)23-22/h1-11,13-14,16H,12H2. The highest BCUT2D eigenvalue weighted by Crippen LogP contribution is 2.31. The molecule has 0 amide bonds. The van der Waals surface area contributed by atoms with Gasteiger partial charge in [0.15, 0.2) is 0 Å². The minimum atomic E-state index is 0.464. The zero-order chi connectivity index (χ0) is 15.2. The third-order valence-electron chi connectivity index (χ3n) is 4.81. The van der Waals surface area contributed by atoms with Crippen LogP contribution in [-0.4, -0.2) is 0 Å². The van der Waals surface area contributed by atoms with E-state index in [-0.39, 0.29) is 0 Å². The Hall–Kier alpha value is -2.38. The van der Waals surface area contributed by atoms with Crippen molar-refractivity contribution in [3.63, 3.8) is 0 Å². The Kier molecular flexibility index (Phi) is 2.89. The van der Waals surface area contributed by atoms with Crippen LogP contribution in [0.15, 0.2) is 66.7 Å². The molecule has 0 saturated heterocycles. The molecule has 0 aliphatic heterocycles. The molecule has 1 atom stereocenters. The highest BCUT2D eigenvalue weighted by molar-refractivity contribution is 7.17. The van der Waals surface area contributed by atoms with E-state index in [2.05, 4.69) is 78.9 Å². The van der Waals surface area contributed by atoms with Crippen LogP contribution in [0.2, 0.25) is 0 Å². The normalized spacial score (nSPS) is 16.8. The van der Waals surface area contributed by atoms with Gasteiger partial charge in [0.25, 0.3) is 0 Å². The van der Waals surface area contributed by atoms with Crippen LogP contribution in [0.4, 0.5) is 0 Å². The van der Waals surface area contributed by atoms with Crippen LogP contribution in [0.1, 0.15) is 17.9 Å². The maximum atomic E-state index is 2.48. The second-order valence-electron chi connectivity index (χ2n) is 6.16. The van der Waals surface area contributed by atoms with E-state index in [1.807, 2.05) is 11.3 Å². The predicted octanol–water partition coefficient (Wildman–Crippen LogP) is 4.80. The zero-order valence-corrected chi connectivity index (χ0v) is 13.5. The van der Waals surface area contributed by atoms with Gasteiger partial charge in [-0.25, -0.2) is 0 Å². The van der Waals surface area contributed by atoms with Gasteiger partial charge in [0.1, 0.15) is 0 Å². The van der Waals surface area contributed by atoms with Gasteiger partial charge in [0.05, 0.1) is 0 Å². The number of fused-ring (bicyclic) bond motifs is 4. The summed E-state index contributed by atoms with van der Waals surface area (Å²) in [5.74, 6) is 0.464. The number of rotatable bonds is 1. The van der Waals surface area contributed by atoms with Gasteiger partial charge in [0.2, 0.25) is 0 Å². The molecule has 1 aliphatic carbocycles. The SMILES string of the molecule is C1=c2sc3ccccc3c2=CC(c2cccc3ccccc23)C1. The van der Waals surface area contributed by atoms with Gasteiger partial charge in [-0.2, -0.15) is 0 Å². The fourth-order valence-electron chi connectivity index (χ4n) is 3.70. The van der Waals surface area contributed by atoms with Crippen molar-refractivity contribution in [3.8, 4) is 0 Å². The maximum Gasteiger partial charge on any atom is 0.0355 e. The molecular weight excluding hydrogens is 296 g/mol. The lowest BCUT2D eigenvalue weighted by Crippen LogP contribution is -2.23. The second kappa shape index (κ2) is 5.07. The van der Waals surface area contributed by atoms with Crippen LogP contribution in [0, 0.1) is 0 Å². The van der Waals surface area contributed by atoms with Crippen molar-refractivity contribution in [2.45, 2.75) is 12.3 Å². The van der Waals surface area contributed by atoms with Gasteiger partial charge in [-0.3, -0.25) is 0 Å². The topological polar surface area (TPSA) is 0 Å². The van der Waals surface area contributed by atoms with Gasteiger partial charge < -0.3 is 0 Å². The summed E-state index contributed by atoms with van der Waals surface area (Å²) in [5.41, 5.74) is 1.44. The molecule has 0 fully saturated rings.